The monoisotopic (exact) mass is 366 g/mol. The van der Waals surface area contributed by atoms with Crippen molar-refractivity contribution in [2.45, 2.75) is 13.3 Å². The molecule has 0 aliphatic heterocycles. The van der Waals surface area contributed by atoms with Crippen LogP contribution in [0, 0.1) is 0 Å². The maximum atomic E-state index is 12.3. The lowest BCUT2D eigenvalue weighted by atomic mass is 10.00. The van der Waals surface area contributed by atoms with Gasteiger partial charge in [0, 0.05) is 29.1 Å². The lowest BCUT2D eigenvalue weighted by molar-refractivity contribution is 0.0949. The maximum absolute atomic E-state index is 12.3. The Labute approximate surface area is 157 Å². The van der Waals surface area contributed by atoms with Crippen molar-refractivity contribution >= 4 is 22.5 Å². The Kier molecular flexibility index (Phi) is 5.40. The molecular formula is C20H22N4O3. The fourth-order valence-corrected chi connectivity index (χ4v) is 2.88. The third-order valence-corrected chi connectivity index (χ3v) is 4.28. The number of benzene rings is 2. The molecule has 140 valence electrons. The number of nitrogen functional groups attached to an aromatic ring is 1. The van der Waals surface area contributed by atoms with Crippen molar-refractivity contribution in [3.63, 3.8) is 0 Å². The Bertz CT molecular complexity index is 988. The molecule has 7 heteroatoms. The fourth-order valence-electron chi connectivity index (χ4n) is 2.88. The first-order chi connectivity index (χ1) is 13.1. The molecule has 0 fully saturated rings. The first kappa shape index (κ1) is 18.4. The van der Waals surface area contributed by atoms with Gasteiger partial charge < -0.3 is 20.5 Å². The number of nitrogens with zero attached hydrogens (tertiary/aromatic N) is 2. The summed E-state index contributed by atoms with van der Waals surface area (Å²) < 4.78 is 10.8. The minimum atomic E-state index is -0.323. The van der Waals surface area contributed by atoms with Gasteiger partial charge in [-0.15, -0.1) is 10.2 Å². The van der Waals surface area contributed by atoms with E-state index in [-0.39, 0.29) is 11.6 Å². The highest BCUT2D eigenvalue weighted by molar-refractivity contribution is 6.07. The van der Waals surface area contributed by atoms with E-state index in [4.69, 9.17) is 15.2 Å². The predicted octanol–water partition coefficient (Wildman–Crippen LogP) is 3.04. The van der Waals surface area contributed by atoms with Crippen LogP contribution in [0.3, 0.4) is 0 Å². The van der Waals surface area contributed by atoms with Crippen molar-refractivity contribution in [3.05, 3.63) is 42.1 Å². The average Bonchev–Trinajstić information content (AvgIpc) is 2.71. The zero-order valence-electron chi connectivity index (χ0n) is 15.6. The van der Waals surface area contributed by atoms with Gasteiger partial charge in [0.2, 0.25) is 0 Å². The number of hydrogen-bond acceptors (Lipinski definition) is 6. The van der Waals surface area contributed by atoms with Gasteiger partial charge in [-0.05, 0) is 18.6 Å². The van der Waals surface area contributed by atoms with Gasteiger partial charge in [-0.3, -0.25) is 4.79 Å². The van der Waals surface area contributed by atoms with Gasteiger partial charge >= 0.3 is 0 Å². The molecule has 0 atom stereocenters. The largest absolute Gasteiger partial charge is 0.497 e. The zero-order valence-corrected chi connectivity index (χ0v) is 15.6. The van der Waals surface area contributed by atoms with E-state index in [1.165, 1.54) is 0 Å². The van der Waals surface area contributed by atoms with Crippen molar-refractivity contribution in [1.29, 1.82) is 0 Å². The summed E-state index contributed by atoms with van der Waals surface area (Å²) in [5.41, 5.74) is 8.93. The van der Waals surface area contributed by atoms with Gasteiger partial charge in [0.1, 0.15) is 17.0 Å². The number of ether oxygens (including phenoxy) is 2. The van der Waals surface area contributed by atoms with Crippen LogP contribution in [0.1, 0.15) is 23.8 Å². The summed E-state index contributed by atoms with van der Waals surface area (Å²) in [7, 11) is 3.20. The zero-order chi connectivity index (χ0) is 19.4. The number of carbonyl (C=O) groups is 1. The molecular weight excluding hydrogens is 344 g/mol. The molecule has 1 amide bonds. The summed E-state index contributed by atoms with van der Waals surface area (Å²) in [6.45, 7) is 2.53. The minimum absolute atomic E-state index is 0.134. The van der Waals surface area contributed by atoms with Crippen molar-refractivity contribution in [1.82, 2.24) is 15.5 Å². The Balaban J connectivity index is 2.14. The Morgan fingerprint density at radius 1 is 1.11 bits per heavy atom. The minimum Gasteiger partial charge on any atom is -0.497 e. The number of nitrogens with one attached hydrogen (secondary N) is 1. The third-order valence-electron chi connectivity index (χ3n) is 4.28. The maximum Gasteiger partial charge on any atom is 0.273 e. The van der Waals surface area contributed by atoms with E-state index in [1.807, 2.05) is 37.3 Å². The van der Waals surface area contributed by atoms with Gasteiger partial charge in [0.15, 0.2) is 5.69 Å². The average molecular weight is 366 g/mol. The molecule has 3 N–H and O–H groups in total. The molecule has 1 heterocycles. The smallest absolute Gasteiger partial charge is 0.273 e. The van der Waals surface area contributed by atoms with Crippen LogP contribution in [0.4, 0.5) is 5.69 Å². The van der Waals surface area contributed by atoms with E-state index in [1.54, 1.807) is 20.3 Å². The van der Waals surface area contributed by atoms with Gasteiger partial charge in [0.05, 0.1) is 19.9 Å². The van der Waals surface area contributed by atoms with Crippen LogP contribution in [0.2, 0.25) is 0 Å². The Hall–Kier alpha value is -3.35. The number of amides is 1. The van der Waals surface area contributed by atoms with Crippen molar-refractivity contribution < 1.29 is 14.3 Å². The Morgan fingerprint density at radius 2 is 1.93 bits per heavy atom. The van der Waals surface area contributed by atoms with Crippen LogP contribution in [0.5, 0.6) is 11.5 Å². The summed E-state index contributed by atoms with van der Waals surface area (Å²) in [5.74, 6) is 1.01. The van der Waals surface area contributed by atoms with E-state index in [9.17, 15) is 4.79 Å². The molecule has 0 radical (unpaired) electrons. The topological polar surface area (TPSA) is 99.4 Å². The number of rotatable bonds is 6. The summed E-state index contributed by atoms with van der Waals surface area (Å²) >= 11 is 0. The Morgan fingerprint density at radius 3 is 2.63 bits per heavy atom. The molecule has 0 unspecified atom stereocenters. The number of aromatic nitrogens is 2. The standard InChI is InChI=1S/C20H22N4O3/c1-4-10-22-20(25)19-17(21)15-7-5-6-14(18(15)23-24-19)13-9-8-12(26-2)11-16(13)27-3/h5-9,11H,4,10H2,1-3H3,(H2,21,23)(H,22,25). The SMILES string of the molecule is CCCNC(=O)c1nnc2c(-c3ccc(OC)cc3OC)cccc2c1N. The van der Waals surface area contributed by atoms with Crippen LogP contribution in [-0.2, 0) is 0 Å². The van der Waals surface area contributed by atoms with Crippen molar-refractivity contribution in [2.24, 2.45) is 0 Å². The van der Waals surface area contributed by atoms with Gasteiger partial charge in [0.25, 0.3) is 5.91 Å². The second kappa shape index (κ2) is 7.90. The second-order valence-electron chi connectivity index (χ2n) is 5.99. The molecule has 0 bridgehead atoms. The normalized spacial score (nSPS) is 10.6. The van der Waals surface area contributed by atoms with Gasteiger partial charge in [-0.2, -0.15) is 0 Å². The van der Waals surface area contributed by atoms with E-state index >= 15 is 0 Å². The van der Waals surface area contributed by atoms with E-state index in [0.29, 0.717) is 34.6 Å². The number of nitrogens with two attached hydrogens (primary N) is 1. The molecule has 0 saturated carbocycles. The molecule has 0 saturated heterocycles. The van der Waals surface area contributed by atoms with Crippen LogP contribution in [0.25, 0.3) is 22.0 Å². The molecule has 0 spiro atoms. The third kappa shape index (κ3) is 3.48. The number of fused-ring (bicyclic) bond motifs is 1. The van der Waals surface area contributed by atoms with E-state index in [2.05, 4.69) is 15.5 Å². The molecule has 7 nitrogen and oxygen atoms in total. The first-order valence-corrected chi connectivity index (χ1v) is 8.66. The summed E-state index contributed by atoms with van der Waals surface area (Å²) in [6.07, 6.45) is 0.827. The first-order valence-electron chi connectivity index (χ1n) is 8.66. The number of carbonyl (C=O) groups excluding carboxylic acids is 1. The van der Waals surface area contributed by atoms with Gasteiger partial charge in [-0.25, -0.2) is 0 Å². The summed E-state index contributed by atoms with van der Waals surface area (Å²) in [5, 5.41) is 11.8. The van der Waals surface area contributed by atoms with E-state index < -0.39 is 0 Å². The van der Waals surface area contributed by atoms with Crippen LogP contribution < -0.4 is 20.5 Å². The highest BCUT2D eigenvalue weighted by Gasteiger charge is 2.18. The number of hydrogen-bond donors (Lipinski definition) is 2. The molecule has 27 heavy (non-hydrogen) atoms. The highest BCUT2D eigenvalue weighted by Crippen LogP contribution is 2.37. The fraction of sp³-hybridized carbons (Fsp3) is 0.250. The van der Waals surface area contributed by atoms with Crippen molar-refractivity contribution in [2.75, 3.05) is 26.5 Å². The van der Waals surface area contributed by atoms with Crippen LogP contribution >= 0.6 is 0 Å². The molecule has 2 aromatic carbocycles. The van der Waals surface area contributed by atoms with E-state index in [0.717, 1.165) is 17.5 Å². The van der Waals surface area contributed by atoms with Gasteiger partial charge in [-0.1, -0.05) is 25.1 Å². The summed E-state index contributed by atoms with van der Waals surface area (Å²) in [4.78, 5) is 12.3. The predicted molar refractivity (Wildman–Crippen MR) is 105 cm³/mol. The molecule has 0 aliphatic rings. The lowest BCUT2D eigenvalue weighted by Crippen LogP contribution is -2.26. The van der Waals surface area contributed by atoms with Crippen LogP contribution in [-0.4, -0.2) is 36.9 Å². The molecule has 1 aromatic heterocycles. The highest BCUT2D eigenvalue weighted by atomic mass is 16.5. The number of anilines is 1. The number of methoxy groups -OCH3 is 2. The second-order valence-corrected chi connectivity index (χ2v) is 5.99. The van der Waals surface area contributed by atoms with Crippen LogP contribution in [0.15, 0.2) is 36.4 Å². The van der Waals surface area contributed by atoms with Crippen molar-refractivity contribution in [3.8, 4) is 22.6 Å². The molecule has 3 aromatic rings. The summed E-state index contributed by atoms with van der Waals surface area (Å²) in [6, 6.07) is 11.2. The molecule has 0 aliphatic carbocycles. The lowest BCUT2D eigenvalue weighted by Gasteiger charge is -2.13. The quantitative estimate of drug-likeness (QED) is 0.696. The molecule has 3 rings (SSSR count).